The summed E-state index contributed by atoms with van der Waals surface area (Å²) in [5.41, 5.74) is 3.80. The summed E-state index contributed by atoms with van der Waals surface area (Å²) in [5, 5.41) is 3.95. The van der Waals surface area contributed by atoms with Crippen molar-refractivity contribution in [3.63, 3.8) is 0 Å². The van der Waals surface area contributed by atoms with Crippen LogP contribution in [0.1, 0.15) is 31.0 Å². The number of amides is 1. The van der Waals surface area contributed by atoms with Crippen LogP contribution in [0.5, 0.6) is 0 Å². The van der Waals surface area contributed by atoms with Gasteiger partial charge in [-0.15, -0.1) is 0 Å². The Balaban J connectivity index is 1.78. The molecule has 0 atom stereocenters. The first-order valence-corrected chi connectivity index (χ1v) is 10.1. The molecule has 6 heteroatoms. The van der Waals surface area contributed by atoms with Crippen molar-refractivity contribution in [2.45, 2.75) is 33.1 Å². The minimum Gasteiger partial charge on any atom is -0.361 e. The Hall–Kier alpha value is -3.54. The van der Waals surface area contributed by atoms with Crippen molar-refractivity contribution in [1.29, 1.82) is 0 Å². The number of hydrogen-bond donors (Lipinski definition) is 2. The lowest BCUT2D eigenvalue weighted by atomic mass is 10.1. The molecule has 0 spiro atoms. The number of hydrogen-bond acceptors (Lipinski definition) is 2. The molecular formula is C24H28N4O2. The summed E-state index contributed by atoms with van der Waals surface area (Å²) in [5.74, 6) is -0.174. The van der Waals surface area contributed by atoms with E-state index in [1.807, 2.05) is 69.6 Å². The Kier molecular flexibility index (Phi) is 6.57. The maximum absolute atomic E-state index is 13.0. The van der Waals surface area contributed by atoms with Crippen molar-refractivity contribution in [2.24, 2.45) is 7.05 Å². The van der Waals surface area contributed by atoms with Crippen LogP contribution < -0.4 is 10.9 Å². The molecule has 156 valence electrons. The number of H-pyrrole nitrogens is 1. The second kappa shape index (κ2) is 9.31. The second-order valence-electron chi connectivity index (χ2n) is 7.14. The largest absolute Gasteiger partial charge is 0.361 e. The molecule has 6 nitrogen and oxygen atoms in total. The van der Waals surface area contributed by atoms with E-state index in [-0.39, 0.29) is 11.5 Å². The third kappa shape index (κ3) is 4.22. The molecule has 1 amide bonds. The van der Waals surface area contributed by atoms with Crippen LogP contribution in [0.4, 0.5) is 5.69 Å². The number of benzene rings is 1. The van der Waals surface area contributed by atoms with Gasteiger partial charge >= 0.3 is 0 Å². The van der Waals surface area contributed by atoms with Gasteiger partial charge < -0.3 is 10.3 Å². The first kappa shape index (κ1) is 21.2. The highest BCUT2D eigenvalue weighted by Gasteiger charge is 2.18. The summed E-state index contributed by atoms with van der Waals surface area (Å²) >= 11 is 0. The quantitative estimate of drug-likeness (QED) is 0.541. The number of nitrogens with one attached hydrogen (secondary N) is 2. The normalized spacial score (nSPS) is 12.0. The number of allylic oxidation sites excluding steroid dienone is 5. The van der Waals surface area contributed by atoms with Gasteiger partial charge in [0.2, 0.25) is 5.91 Å². The molecule has 0 fully saturated rings. The highest BCUT2D eigenvalue weighted by molar-refractivity contribution is 5.92. The molecule has 0 saturated carbocycles. The van der Waals surface area contributed by atoms with Crippen molar-refractivity contribution in [3.8, 4) is 0 Å². The first-order chi connectivity index (χ1) is 14.5. The van der Waals surface area contributed by atoms with Crippen LogP contribution in [0.25, 0.3) is 16.6 Å². The highest BCUT2D eigenvalue weighted by atomic mass is 16.2. The molecule has 0 aliphatic heterocycles. The average molecular weight is 405 g/mol. The standard InChI is InChI=1S/C24H28N4O2/c1-5-7-8-11-19(6-2)28-24(30)23(17(3)27(28)4)26-22(29)15-14-18-16-25-21-13-10-9-12-20(18)21/h5,7-13,16,25H,1,6,14-15H2,2-4H3,(H,26,29)/b8-7-,19-11+. The zero-order valence-corrected chi connectivity index (χ0v) is 17.7. The Bertz CT molecular complexity index is 1190. The van der Waals surface area contributed by atoms with Crippen molar-refractivity contribution >= 4 is 28.2 Å². The van der Waals surface area contributed by atoms with E-state index in [4.69, 9.17) is 0 Å². The fourth-order valence-electron chi connectivity index (χ4n) is 3.55. The molecule has 2 aromatic heterocycles. The van der Waals surface area contributed by atoms with Gasteiger partial charge in [0.05, 0.1) is 5.69 Å². The summed E-state index contributed by atoms with van der Waals surface area (Å²) in [6.07, 6.45) is 10.7. The van der Waals surface area contributed by atoms with Gasteiger partial charge in [-0.05, 0) is 37.5 Å². The number of anilines is 1. The lowest BCUT2D eigenvalue weighted by molar-refractivity contribution is -0.116. The molecular weight excluding hydrogens is 376 g/mol. The van der Waals surface area contributed by atoms with Crippen LogP contribution in [-0.2, 0) is 18.3 Å². The van der Waals surface area contributed by atoms with Crippen molar-refractivity contribution in [2.75, 3.05) is 5.32 Å². The van der Waals surface area contributed by atoms with Crippen LogP contribution in [-0.4, -0.2) is 20.3 Å². The minimum atomic E-state index is -0.226. The monoisotopic (exact) mass is 404 g/mol. The van der Waals surface area contributed by atoms with Gasteiger partial charge in [0, 0.05) is 36.3 Å². The third-order valence-corrected chi connectivity index (χ3v) is 5.28. The van der Waals surface area contributed by atoms with Gasteiger partial charge in [-0.2, -0.15) is 0 Å². The van der Waals surface area contributed by atoms with E-state index in [0.717, 1.165) is 22.2 Å². The molecule has 1 aromatic carbocycles. The van der Waals surface area contributed by atoms with Gasteiger partial charge in [-0.25, -0.2) is 4.68 Å². The number of carbonyl (C=O) groups excluding carboxylic acids is 1. The van der Waals surface area contributed by atoms with E-state index < -0.39 is 0 Å². The van der Waals surface area contributed by atoms with Crippen LogP contribution >= 0.6 is 0 Å². The molecule has 0 unspecified atom stereocenters. The predicted octanol–water partition coefficient (Wildman–Crippen LogP) is 4.54. The lowest BCUT2D eigenvalue weighted by Gasteiger charge is -2.10. The van der Waals surface area contributed by atoms with Crippen LogP contribution in [0.3, 0.4) is 0 Å². The Morgan fingerprint density at radius 1 is 1.27 bits per heavy atom. The predicted molar refractivity (Wildman–Crippen MR) is 124 cm³/mol. The topological polar surface area (TPSA) is 71.8 Å². The first-order valence-electron chi connectivity index (χ1n) is 10.1. The number of para-hydroxylation sites is 1. The summed E-state index contributed by atoms with van der Waals surface area (Å²) in [6, 6.07) is 8.01. The van der Waals surface area contributed by atoms with E-state index >= 15 is 0 Å². The van der Waals surface area contributed by atoms with E-state index in [1.54, 1.807) is 15.4 Å². The van der Waals surface area contributed by atoms with E-state index in [9.17, 15) is 9.59 Å². The minimum absolute atomic E-state index is 0.174. The van der Waals surface area contributed by atoms with E-state index in [2.05, 4.69) is 16.9 Å². The second-order valence-corrected chi connectivity index (χ2v) is 7.14. The molecule has 30 heavy (non-hydrogen) atoms. The summed E-state index contributed by atoms with van der Waals surface area (Å²) in [6.45, 7) is 7.48. The molecule has 0 bridgehead atoms. The van der Waals surface area contributed by atoms with Gasteiger partial charge in [0.25, 0.3) is 5.56 Å². The fraction of sp³-hybridized carbons (Fsp3) is 0.250. The molecule has 3 rings (SSSR count). The molecule has 3 aromatic rings. The Labute approximate surface area is 176 Å². The van der Waals surface area contributed by atoms with Gasteiger partial charge in [-0.1, -0.05) is 49.9 Å². The Morgan fingerprint density at radius 3 is 2.77 bits per heavy atom. The fourth-order valence-corrected chi connectivity index (χ4v) is 3.55. The third-order valence-electron chi connectivity index (χ3n) is 5.28. The summed E-state index contributed by atoms with van der Waals surface area (Å²) in [4.78, 5) is 28.9. The maximum Gasteiger partial charge on any atom is 0.295 e. The molecule has 2 N–H and O–H groups in total. The molecule has 0 aliphatic rings. The van der Waals surface area contributed by atoms with Gasteiger partial charge in [0.15, 0.2) is 0 Å². The molecule has 0 saturated heterocycles. The van der Waals surface area contributed by atoms with Crippen molar-refractivity contribution in [1.82, 2.24) is 14.3 Å². The number of aryl methyl sites for hydroxylation is 1. The number of aromatic nitrogens is 3. The number of nitrogens with zero attached hydrogens (tertiary/aromatic N) is 2. The van der Waals surface area contributed by atoms with Crippen molar-refractivity contribution < 1.29 is 4.79 Å². The van der Waals surface area contributed by atoms with Crippen LogP contribution in [0.15, 0.2) is 66.1 Å². The zero-order chi connectivity index (χ0) is 21.7. The summed E-state index contributed by atoms with van der Waals surface area (Å²) < 4.78 is 3.37. The SMILES string of the molecule is C=C/C=C\C=C(/CC)n1c(=O)c(NC(=O)CCc2c[nH]c3ccccc23)c(C)n1C. The summed E-state index contributed by atoms with van der Waals surface area (Å²) in [7, 11) is 1.82. The van der Waals surface area contributed by atoms with E-state index in [1.165, 1.54) is 0 Å². The van der Waals surface area contributed by atoms with Crippen LogP contribution in [0.2, 0.25) is 0 Å². The number of carbonyl (C=O) groups is 1. The van der Waals surface area contributed by atoms with Crippen LogP contribution in [0, 0.1) is 6.92 Å². The Morgan fingerprint density at radius 2 is 2.03 bits per heavy atom. The van der Waals surface area contributed by atoms with Crippen molar-refractivity contribution in [3.05, 3.63) is 83.0 Å². The van der Waals surface area contributed by atoms with Gasteiger partial charge in [-0.3, -0.25) is 14.3 Å². The van der Waals surface area contributed by atoms with Gasteiger partial charge in [0.1, 0.15) is 5.69 Å². The average Bonchev–Trinajstić information content (AvgIpc) is 3.25. The highest BCUT2D eigenvalue weighted by Crippen LogP contribution is 2.20. The number of rotatable bonds is 8. The molecule has 0 aliphatic carbocycles. The zero-order valence-electron chi connectivity index (χ0n) is 17.7. The number of fused-ring (bicyclic) bond motifs is 1. The smallest absolute Gasteiger partial charge is 0.295 e. The molecule has 2 heterocycles. The maximum atomic E-state index is 13.0. The lowest BCUT2D eigenvalue weighted by Crippen LogP contribution is -2.23. The number of aromatic amines is 1. The molecule has 0 radical (unpaired) electrons. The van der Waals surface area contributed by atoms with E-state index in [0.29, 0.717) is 30.6 Å².